The van der Waals surface area contributed by atoms with Gasteiger partial charge in [-0.3, -0.25) is 14.4 Å². The Morgan fingerprint density at radius 1 is 0.942 bits per heavy atom. The van der Waals surface area contributed by atoms with Gasteiger partial charge in [-0.15, -0.1) is 11.3 Å². The molecule has 0 unspecified atom stereocenters. The number of methoxy groups -OCH3 is 1. The van der Waals surface area contributed by atoms with Crippen LogP contribution < -0.4 is 26.0 Å². The quantitative estimate of drug-likeness (QED) is 0.143. The van der Waals surface area contributed by atoms with E-state index >= 15 is 0 Å². The highest BCUT2D eigenvalue weighted by molar-refractivity contribution is 7.13. The van der Waals surface area contributed by atoms with Gasteiger partial charge in [-0.05, 0) is 86.2 Å². The number of carbonyl (C=O) groups excluding carboxylic acids is 5. The Labute approximate surface area is 309 Å². The molecule has 14 heteroatoms. The molecule has 3 heterocycles. The number of fused-ring (bicyclic) bond motifs is 3. The first-order valence-corrected chi connectivity index (χ1v) is 17.3. The second-order valence-electron chi connectivity index (χ2n) is 12.8. The molecule has 0 aliphatic carbocycles. The van der Waals surface area contributed by atoms with E-state index in [1.54, 1.807) is 39.0 Å². The number of aromatic nitrogens is 1. The molecule has 0 bridgehead atoms. The molecule has 2 aromatic carbocycles. The molecule has 0 spiro atoms. The average molecular weight is 731 g/mol. The monoisotopic (exact) mass is 730 g/mol. The fourth-order valence-corrected chi connectivity index (χ4v) is 6.43. The molecule has 272 valence electrons. The summed E-state index contributed by atoms with van der Waals surface area (Å²) in [6.45, 7) is 4.81. The minimum absolute atomic E-state index is 0.0380. The van der Waals surface area contributed by atoms with Crippen LogP contribution in [-0.2, 0) is 22.4 Å². The van der Waals surface area contributed by atoms with Gasteiger partial charge in [0.05, 0.1) is 25.0 Å². The summed E-state index contributed by atoms with van der Waals surface area (Å²) in [7, 11) is 1.17. The molecular weight excluding hydrogens is 687 g/mol. The van der Waals surface area contributed by atoms with Gasteiger partial charge in [0.15, 0.2) is 5.69 Å². The summed E-state index contributed by atoms with van der Waals surface area (Å²) in [5.41, 5.74) is 1.17. The standard InChI is InChI=1S/C38H41N5O8S/c1-7-14-40-35(46)29-11-9-23(31(42-29)36(47)49-6)24-19-30-27(32-22(12-15-50-30)13-16-52-32)18-25(24)34(45)43-28-10-8-21(17-26(28)33(44)39-5)20-41-37(48)51-38(2,3)4/h8-11,13,16-19H,7,12,14-15,20H2,1-6H3,(H,39,44)(H,40,46)(H,41,48)(H,43,45)/i5D3. The summed E-state index contributed by atoms with van der Waals surface area (Å²) in [4.78, 5) is 71.4. The topological polar surface area (TPSA) is 174 Å². The number of esters is 1. The van der Waals surface area contributed by atoms with Crippen molar-refractivity contribution in [1.29, 1.82) is 0 Å². The van der Waals surface area contributed by atoms with Crippen molar-refractivity contribution in [2.75, 3.05) is 32.6 Å². The number of anilines is 1. The second kappa shape index (κ2) is 16.1. The van der Waals surface area contributed by atoms with Crippen molar-refractivity contribution < 1.29 is 42.3 Å². The van der Waals surface area contributed by atoms with Crippen LogP contribution in [0.4, 0.5) is 10.5 Å². The third-order valence-corrected chi connectivity index (χ3v) is 8.83. The summed E-state index contributed by atoms with van der Waals surface area (Å²) in [5, 5.41) is 11.9. The Hall–Kier alpha value is -5.76. The predicted molar refractivity (Wildman–Crippen MR) is 197 cm³/mol. The maximum absolute atomic E-state index is 14.5. The van der Waals surface area contributed by atoms with E-state index in [4.69, 9.17) is 18.3 Å². The number of hydrogen-bond donors (Lipinski definition) is 4. The second-order valence-corrected chi connectivity index (χ2v) is 13.7. The number of alkyl carbamates (subject to hydrolysis) is 1. The fraction of sp³-hybridized carbons (Fsp3) is 0.316. The smallest absolute Gasteiger partial charge is 0.407 e. The highest BCUT2D eigenvalue weighted by Gasteiger charge is 2.28. The molecule has 4 N–H and O–H groups in total. The molecule has 2 aromatic heterocycles. The number of amides is 4. The number of thiophene rings is 1. The Kier molecular flexibility index (Phi) is 10.3. The number of nitrogens with one attached hydrogen (secondary N) is 4. The zero-order valence-electron chi connectivity index (χ0n) is 32.4. The Morgan fingerprint density at radius 3 is 2.48 bits per heavy atom. The number of ether oxygens (including phenoxy) is 3. The summed E-state index contributed by atoms with van der Waals surface area (Å²) in [5.74, 6) is -2.67. The molecule has 0 saturated heterocycles. The van der Waals surface area contributed by atoms with Crippen molar-refractivity contribution in [3.05, 3.63) is 87.6 Å². The molecule has 1 aliphatic heterocycles. The zero-order chi connectivity index (χ0) is 40.1. The van der Waals surface area contributed by atoms with Crippen LogP contribution in [-0.4, -0.2) is 67.6 Å². The van der Waals surface area contributed by atoms with Crippen molar-refractivity contribution in [3.8, 4) is 27.3 Å². The van der Waals surface area contributed by atoms with Gasteiger partial charge in [0.1, 0.15) is 17.0 Å². The summed E-state index contributed by atoms with van der Waals surface area (Å²) in [6.07, 6.45) is 0.582. The molecule has 4 aromatic rings. The van der Waals surface area contributed by atoms with Crippen molar-refractivity contribution in [2.45, 2.75) is 52.7 Å². The molecule has 0 saturated carbocycles. The van der Waals surface area contributed by atoms with Gasteiger partial charge in [0, 0.05) is 57.7 Å². The average Bonchev–Trinajstić information content (AvgIpc) is 3.52. The SMILES string of the molecule is [2H]C([2H])([2H])NC(=O)c1cc(CNC(=O)OC(C)(C)C)ccc1NC(=O)c1cc2c(cc1-c1ccc(C(=O)NCCC)nc1C(=O)OC)OCCc1ccsc1-2. The third kappa shape index (κ3) is 8.57. The van der Waals surface area contributed by atoms with Crippen molar-refractivity contribution in [1.82, 2.24) is 20.9 Å². The number of carbonyl (C=O) groups is 5. The lowest BCUT2D eigenvalue weighted by Gasteiger charge is -2.20. The first-order valence-electron chi connectivity index (χ1n) is 18.0. The molecular formula is C38H41N5O8S. The number of hydrogen-bond acceptors (Lipinski definition) is 10. The minimum Gasteiger partial charge on any atom is -0.493 e. The van der Waals surface area contributed by atoms with Gasteiger partial charge >= 0.3 is 12.1 Å². The van der Waals surface area contributed by atoms with Crippen LogP contribution >= 0.6 is 11.3 Å². The van der Waals surface area contributed by atoms with Crippen LogP contribution in [0.25, 0.3) is 21.6 Å². The lowest BCUT2D eigenvalue weighted by Crippen LogP contribution is -2.32. The van der Waals surface area contributed by atoms with Gasteiger partial charge in [-0.1, -0.05) is 13.0 Å². The Balaban J connectivity index is 1.62. The molecule has 0 fully saturated rings. The minimum atomic E-state index is -2.86. The summed E-state index contributed by atoms with van der Waals surface area (Å²) in [6, 6.07) is 12.4. The van der Waals surface area contributed by atoms with E-state index in [1.807, 2.05) is 23.7 Å². The van der Waals surface area contributed by atoms with Crippen LogP contribution in [0.2, 0.25) is 0 Å². The fourth-order valence-electron chi connectivity index (χ4n) is 5.46. The van der Waals surface area contributed by atoms with Crippen molar-refractivity contribution in [3.63, 3.8) is 0 Å². The van der Waals surface area contributed by atoms with E-state index in [0.717, 1.165) is 10.4 Å². The van der Waals surface area contributed by atoms with E-state index in [-0.39, 0.29) is 45.9 Å². The van der Waals surface area contributed by atoms with Crippen LogP contribution in [0.3, 0.4) is 0 Å². The van der Waals surface area contributed by atoms with E-state index in [2.05, 4.69) is 20.9 Å². The van der Waals surface area contributed by atoms with E-state index in [1.165, 1.54) is 42.7 Å². The van der Waals surface area contributed by atoms with E-state index in [0.29, 0.717) is 42.9 Å². The predicted octanol–water partition coefficient (Wildman–Crippen LogP) is 5.98. The Bertz CT molecular complexity index is 2140. The molecule has 0 radical (unpaired) electrons. The van der Waals surface area contributed by atoms with Gasteiger partial charge in [0.25, 0.3) is 17.7 Å². The van der Waals surface area contributed by atoms with Crippen molar-refractivity contribution >= 4 is 46.8 Å². The first kappa shape index (κ1) is 33.4. The first-order chi connectivity index (χ1) is 26.0. The van der Waals surface area contributed by atoms with E-state index in [9.17, 15) is 24.0 Å². The molecule has 5 rings (SSSR count). The number of nitrogens with zero attached hydrogens (tertiary/aromatic N) is 1. The Morgan fingerprint density at radius 2 is 1.75 bits per heavy atom. The van der Waals surface area contributed by atoms with Crippen molar-refractivity contribution in [2.24, 2.45) is 0 Å². The summed E-state index contributed by atoms with van der Waals surface area (Å²) < 4.78 is 39.3. The summed E-state index contributed by atoms with van der Waals surface area (Å²) >= 11 is 1.47. The van der Waals surface area contributed by atoms with Crippen LogP contribution in [0.15, 0.2) is 53.9 Å². The lowest BCUT2D eigenvalue weighted by atomic mass is 9.93. The lowest BCUT2D eigenvalue weighted by molar-refractivity contribution is 0.0521. The third-order valence-electron chi connectivity index (χ3n) is 7.84. The number of pyridine rings is 1. The molecule has 13 nitrogen and oxygen atoms in total. The highest BCUT2D eigenvalue weighted by Crippen LogP contribution is 2.43. The molecule has 0 atom stereocenters. The van der Waals surface area contributed by atoms with Crippen LogP contribution in [0.1, 0.15) is 91.0 Å². The van der Waals surface area contributed by atoms with Gasteiger partial charge in [0.2, 0.25) is 0 Å². The van der Waals surface area contributed by atoms with Gasteiger partial charge < -0.3 is 35.5 Å². The maximum Gasteiger partial charge on any atom is 0.407 e. The van der Waals surface area contributed by atoms with Gasteiger partial charge in [-0.25, -0.2) is 14.6 Å². The molecule has 52 heavy (non-hydrogen) atoms. The maximum atomic E-state index is 14.5. The highest BCUT2D eigenvalue weighted by atomic mass is 32.1. The zero-order valence-corrected chi connectivity index (χ0v) is 30.2. The largest absolute Gasteiger partial charge is 0.493 e. The molecule has 4 amide bonds. The van der Waals surface area contributed by atoms with Gasteiger partial charge in [-0.2, -0.15) is 0 Å². The number of benzene rings is 2. The normalized spacial score (nSPS) is 13.0. The molecule has 1 aliphatic rings. The number of rotatable bonds is 10. The van der Waals surface area contributed by atoms with E-state index < -0.39 is 42.4 Å². The van der Waals surface area contributed by atoms with Crippen LogP contribution in [0.5, 0.6) is 5.75 Å². The van der Waals surface area contributed by atoms with Crippen LogP contribution in [0, 0.1) is 0 Å².